The van der Waals surface area contributed by atoms with E-state index in [1.807, 2.05) is 29.4 Å². The topological polar surface area (TPSA) is 77.1 Å². The van der Waals surface area contributed by atoms with Crippen LogP contribution in [0.4, 0.5) is 0 Å². The normalized spacial score (nSPS) is 17.4. The molecule has 1 saturated heterocycles. The number of amides is 1. The maximum Gasteiger partial charge on any atom is 0.276 e. The van der Waals surface area contributed by atoms with Crippen molar-refractivity contribution in [3.8, 4) is 0 Å². The Morgan fingerprint density at radius 1 is 1.31 bits per heavy atom. The molecule has 4 heterocycles. The van der Waals surface area contributed by atoms with Crippen molar-refractivity contribution >= 4 is 5.91 Å². The summed E-state index contributed by atoms with van der Waals surface area (Å²) >= 11 is 0. The Labute approximate surface area is 151 Å². The number of rotatable bonds is 4. The molecule has 0 aliphatic carbocycles. The summed E-state index contributed by atoms with van der Waals surface area (Å²) in [6, 6.07) is 5.71. The largest absolute Gasteiger partial charge is 0.361 e. The molecule has 7 heteroatoms. The first-order chi connectivity index (χ1) is 12.7. The van der Waals surface area contributed by atoms with E-state index >= 15 is 0 Å². The molecule has 3 aromatic heterocycles. The van der Waals surface area contributed by atoms with Crippen molar-refractivity contribution in [2.75, 3.05) is 13.1 Å². The average molecular weight is 351 g/mol. The summed E-state index contributed by atoms with van der Waals surface area (Å²) in [5.41, 5.74) is 1.56. The van der Waals surface area contributed by atoms with Gasteiger partial charge in [0.25, 0.3) is 5.91 Å². The van der Waals surface area contributed by atoms with Gasteiger partial charge >= 0.3 is 0 Å². The molecule has 0 aromatic carbocycles. The van der Waals surface area contributed by atoms with Crippen molar-refractivity contribution in [1.29, 1.82) is 0 Å². The van der Waals surface area contributed by atoms with Crippen LogP contribution in [0.1, 0.15) is 46.4 Å². The van der Waals surface area contributed by atoms with Gasteiger partial charge in [0.15, 0.2) is 5.69 Å². The highest BCUT2D eigenvalue weighted by atomic mass is 16.5. The van der Waals surface area contributed by atoms with Gasteiger partial charge in [-0.3, -0.25) is 9.78 Å². The highest BCUT2D eigenvalue weighted by Crippen LogP contribution is 2.27. The third-order valence-corrected chi connectivity index (χ3v) is 4.77. The summed E-state index contributed by atoms with van der Waals surface area (Å²) in [4.78, 5) is 23.2. The maximum absolute atomic E-state index is 12.7. The Morgan fingerprint density at radius 3 is 2.92 bits per heavy atom. The van der Waals surface area contributed by atoms with Gasteiger partial charge in [-0.15, -0.1) is 0 Å². The molecule has 0 saturated carbocycles. The van der Waals surface area contributed by atoms with E-state index in [9.17, 15) is 4.79 Å². The van der Waals surface area contributed by atoms with E-state index in [0.717, 1.165) is 31.8 Å². The van der Waals surface area contributed by atoms with Gasteiger partial charge in [-0.05, 0) is 37.5 Å². The lowest BCUT2D eigenvalue weighted by Gasteiger charge is -2.32. The lowest BCUT2D eigenvalue weighted by atomic mass is 9.96. The lowest BCUT2D eigenvalue weighted by Crippen LogP contribution is -2.40. The molecule has 1 atom stereocenters. The zero-order valence-corrected chi connectivity index (χ0v) is 14.7. The average Bonchev–Trinajstić information content (AvgIpc) is 3.31. The quantitative estimate of drug-likeness (QED) is 0.722. The molecule has 1 aliphatic heterocycles. The summed E-state index contributed by atoms with van der Waals surface area (Å²) in [5.74, 6) is 1.82. The number of piperidine rings is 1. The molecule has 134 valence electrons. The Balaban J connectivity index is 1.50. The molecule has 0 spiro atoms. The molecule has 0 bridgehead atoms. The summed E-state index contributed by atoms with van der Waals surface area (Å²) in [5, 5.41) is 3.86. The number of hydrogen-bond donors (Lipinski definition) is 0. The van der Waals surface area contributed by atoms with Gasteiger partial charge < -0.3 is 14.0 Å². The number of carbonyl (C=O) groups excluding carboxylic acids is 1. The Hall–Kier alpha value is -2.96. The van der Waals surface area contributed by atoms with Crippen molar-refractivity contribution in [3.63, 3.8) is 0 Å². The van der Waals surface area contributed by atoms with E-state index in [1.54, 1.807) is 25.4 Å². The van der Waals surface area contributed by atoms with Crippen molar-refractivity contribution < 1.29 is 9.32 Å². The highest BCUT2D eigenvalue weighted by Gasteiger charge is 2.29. The van der Waals surface area contributed by atoms with E-state index in [2.05, 4.69) is 19.7 Å². The third kappa shape index (κ3) is 3.37. The summed E-state index contributed by atoms with van der Waals surface area (Å²) < 4.78 is 7.20. The Kier molecular flexibility index (Phi) is 4.51. The third-order valence-electron chi connectivity index (χ3n) is 4.77. The van der Waals surface area contributed by atoms with E-state index in [4.69, 9.17) is 4.52 Å². The Morgan fingerprint density at radius 2 is 2.15 bits per heavy atom. The first-order valence-corrected chi connectivity index (χ1v) is 8.83. The smallest absolute Gasteiger partial charge is 0.276 e. The van der Waals surface area contributed by atoms with Crippen LogP contribution in [-0.2, 0) is 6.54 Å². The molecule has 0 radical (unpaired) electrons. The molecule has 7 nitrogen and oxygen atoms in total. The first kappa shape index (κ1) is 16.5. The molecule has 1 aliphatic rings. The first-order valence-electron chi connectivity index (χ1n) is 8.83. The Bertz CT molecular complexity index is 886. The fourth-order valence-electron chi connectivity index (χ4n) is 3.50. The number of aryl methyl sites for hydroxylation is 1. The predicted octanol–water partition coefficient (Wildman–Crippen LogP) is 2.64. The van der Waals surface area contributed by atoms with Gasteiger partial charge in [0.1, 0.15) is 11.6 Å². The van der Waals surface area contributed by atoms with E-state index < -0.39 is 0 Å². The SMILES string of the molecule is Cc1cc(C(=O)N2CCC[C@H](c3nccn3Cc3ccncc3)C2)no1. The van der Waals surface area contributed by atoms with Crippen molar-refractivity contribution in [1.82, 2.24) is 24.6 Å². The molecule has 1 amide bonds. The molecule has 4 rings (SSSR count). The minimum atomic E-state index is -0.0706. The minimum absolute atomic E-state index is 0.0706. The lowest BCUT2D eigenvalue weighted by molar-refractivity contribution is 0.0693. The van der Waals surface area contributed by atoms with Gasteiger partial charge in [0.05, 0.1) is 0 Å². The predicted molar refractivity (Wildman–Crippen MR) is 94.7 cm³/mol. The van der Waals surface area contributed by atoms with Crippen LogP contribution in [0.15, 0.2) is 47.5 Å². The van der Waals surface area contributed by atoms with E-state index in [0.29, 0.717) is 18.0 Å². The second-order valence-electron chi connectivity index (χ2n) is 6.68. The van der Waals surface area contributed by atoms with Crippen molar-refractivity contribution in [3.05, 3.63) is 65.8 Å². The van der Waals surface area contributed by atoms with Crippen LogP contribution >= 0.6 is 0 Å². The standard InChI is InChI=1S/C19H21N5O2/c1-14-11-17(22-26-14)19(25)24-9-2-3-16(13-24)18-21-8-10-23(18)12-15-4-6-20-7-5-15/h4-8,10-11,16H,2-3,9,12-13H2,1H3/t16-/m0/s1. The minimum Gasteiger partial charge on any atom is -0.361 e. The van der Waals surface area contributed by atoms with Crippen LogP contribution in [0.2, 0.25) is 0 Å². The number of imidazole rings is 1. The van der Waals surface area contributed by atoms with E-state index in [-0.39, 0.29) is 11.8 Å². The van der Waals surface area contributed by atoms with Gasteiger partial charge in [-0.2, -0.15) is 0 Å². The van der Waals surface area contributed by atoms with Crippen LogP contribution in [0.5, 0.6) is 0 Å². The van der Waals surface area contributed by atoms with Crippen LogP contribution < -0.4 is 0 Å². The molecular weight excluding hydrogens is 330 g/mol. The van der Waals surface area contributed by atoms with Crippen LogP contribution in [-0.4, -0.2) is 43.6 Å². The number of nitrogens with zero attached hydrogens (tertiary/aromatic N) is 5. The zero-order chi connectivity index (χ0) is 17.9. The molecule has 26 heavy (non-hydrogen) atoms. The monoisotopic (exact) mass is 351 g/mol. The number of hydrogen-bond acceptors (Lipinski definition) is 5. The van der Waals surface area contributed by atoms with Gasteiger partial charge in [0.2, 0.25) is 0 Å². The summed E-state index contributed by atoms with van der Waals surface area (Å²) in [6.07, 6.45) is 9.40. The van der Waals surface area contributed by atoms with Crippen LogP contribution in [0.3, 0.4) is 0 Å². The highest BCUT2D eigenvalue weighted by molar-refractivity contribution is 5.92. The summed E-state index contributed by atoms with van der Waals surface area (Å²) in [7, 11) is 0. The molecule has 3 aromatic rings. The summed E-state index contributed by atoms with van der Waals surface area (Å²) in [6.45, 7) is 3.94. The fourth-order valence-corrected chi connectivity index (χ4v) is 3.50. The molecule has 0 N–H and O–H groups in total. The molecule has 0 unspecified atom stereocenters. The number of aromatic nitrogens is 4. The zero-order valence-electron chi connectivity index (χ0n) is 14.7. The maximum atomic E-state index is 12.7. The van der Waals surface area contributed by atoms with Crippen LogP contribution in [0.25, 0.3) is 0 Å². The van der Waals surface area contributed by atoms with Gasteiger partial charge in [0, 0.05) is 56.4 Å². The number of carbonyl (C=O) groups is 1. The molecule has 1 fully saturated rings. The van der Waals surface area contributed by atoms with E-state index in [1.165, 1.54) is 5.56 Å². The second kappa shape index (κ2) is 7.11. The number of pyridine rings is 1. The second-order valence-corrected chi connectivity index (χ2v) is 6.68. The van der Waals surface area contributed by atoms with Crippen LogP contribution in [0, 0.1) is 6.92 Å². The number of likely N-dealkylation sites (tertiary alicyclic amines) is 1. The molecular formula is C19H21N5O2. The van der Waals surface area contributed by atoms with Gasteiger partial charge in [-0.1, -0.05) is 5.16 Å². The van der Waals surface area contributed by atoms with Gasteiger partial charge in [-0.25, -0.2) is 4.98 Å². The van der Waals surface area contributed by atoms with Crippen molar-refractivity contribution in [2.45, 2.75) is 32.2 Å². The van der Waals surface area contributed by atoms with Crippen molar-refractivity contribution in [2.24, 2.45) is 0 Å². The fraction of sp³-hybridized carbons (Fsp3) is 0.368.